The number of oxime groups is 1. The Bertz CT molecular complexity index is 3340. The standard InChI is InChI=1S/C59H59ClN6O13S3/c1-57(2,3)78-54(71)58(4,5)79-64-45(42-32-80-56(61)62-42)50(68)63-46-51(69)66-33-59(82-53(46)66,55(72)77-48(36-14-10-8-11-15-36)37-16-12-9-13-17-37)81-40-28-65(29-40)52(70)47(67)41-26-27-43(75-30-34-18-22-38(73-6)23-19-34)49(44(41)60)76-31-35-20-24-39(74-7)25-21-35/h8-27,32,40,46,48,53H,28-31,33H2,1-7H3,(H2,61,62)(H,63,68)/b64-45-/t46-,53-,59-/m1/s1. The molecule has 0 bridgehead atoms. The Morgan fingerprint density at radius 3 is 1.96 bits per heavy atom. The van der Waals surface area contributed by atoms with E-state index in [1.54, 1.807) is 59.3 Å². The number of Topliss-reactive ketones (excluding diaryl/α,β-unsaturated/α-hetero) is 1. The highest BCUT2D eigenvalue weighted by Crippen LogP contribution is 2.56. The summed E-state index contributed by atoms with van der Waals surface area (Å²) in [4.78, 5) is 97.7. The number of rotatable bonds is 22. The van der Waals surface area contributed by atoms with Crippen LogP contribution < -0.4 is 30.0 Å². The minimum Gasteiger partial charge on any atom is -0.497 e. The van der Waals surface area contributed by atoms with E-state index < -0.39 is 73.5 Å². The molecule has 4 heterocycles. The number of nitrogens with two attached hydrogens (primary N) is 1. The number of nitrogen functional groups attached to an aromatic ring is 1. The highest BCUT2D eigenvalue weighted by atomic mass is 35.5. The zero-order valence-corrected chi connectivity index (χ0v) is 49.0. The Hall–Kier alpha value is -7.79. The second kappa shape index (κ2) is 24.7. The number of benzene rings is 5. The number of hydrogen-bond donors (Lipinski definition) is 2. The van der Waals surface area contributed by atoms with E-state index >= 15 is 4.79 Å². The lowest BCUT2D eigenvalue weighted by molar-refractivity contribution is -0.179. The largest absolute Gasteiger partial charge is 0.497 e. The summed E-state index contributed by atoms with van der Waals surface area (Å²) < 4.78 is 33.5. The van der Waals surface area contributed by atoms with E-state index in [0.29, 0.717) is 22.6 Å². The maximum atomic E-state index is 15.1. The van der Waals surface area contributed by atoms with Gasteiger partial charge in [0.15, 0.2) is 32.5 Å². The smallest absolute Gasteiger partial charge is 0.353 e. The Morgan fingerprint density at radius 2 is 1.41 bits per heavy atom. The number of carbonyl (C=O) groups is 6. The Labute approximate surface area is 491 Å². The van der Waals surface area contributed by atoms with Gasteiger partial charge in [-0.05, 0) is 93.3 Å². The second-order valence-corrected chi connectivity index (χ2v) is 25.2. The zero-order valence-electron chi connectivity index (χ0n) is 45.7. The summed E-state index contributed by atoms with van der Waals surface area (Å²) in [7, 11) is 3.14. The summed E-state index contributed by atoms with van der Waals surface area (Å²) in [5.41, 5.74) is 5.99. The Kier molecular flexibility index (Phi) is 17.8. The fraction of sp³-hybridized carbons (Fsp3) is 0.322. The lowest BCUT2D eigenvalue weighted by Gasteiger charge is -2.41. The van der Waals surface area contributed by atoms with Crippen LogP contribution in [0.1, 0.15) is 79.0 Å². The molecule has 428 valence electrons. The summed E-state index contributed by atoms with van der Waals surface area (Å²) in [6, 6.07) is 34.7. The minimum absolute atomic E-state index is 0.0270. The van der Waals surface area contributed by atoms with Crippen molar-refractivity contribution in [1.29, 1.82) is 0 Å². The molecular formula is C59H59ClN6O13S3. The molecule has 3 fully saturated rings. The average molecular weight is 1190 g/mol. The van der Waals surface area contributed by atoms with Crippen LogP contribution in [0, 0.1) is 0 Å². The molecule has 0 saturated carbocycles. The van der Waals surface area contributed by atoms with Crippen LogP contribution in [0.4, 0.5) is 5.13 Å². The van der Waals surface area contributed by atoms with Gasteiger partial charge in [-0.2, -0.15) is 0 Å². The summed E-state index contributed by atoms with van der Waals surface area (Å²) in [5.74, 6) is -2.86. The Balaban J connectivity index is 0.943. The molecule has 3 aliphatic rings. The predicted octanol–water partition coefficient (Wildman–Crippen LogP) is 8.65. The van der Waals surface area contributed by atoms with E-state index in [-0.39, 0.29) is 71.5 Å². The van der Waals surface area contributed by atoms with Crippen LogP contribution in [0.3, 0.4) is 0 Å². The van der Waals surface area contributed by atoms with Crippen LogP contribution in [0.25, 0.3) is 0 Å². The van der Waals surface area contributed by atoms with Gasteiger partial charge in [0.2, 0.25) is 11.5 Å². The molecule has 19 nitrogen and oxygen atoms in total. The minimum atomic E-state index is -1.65. The van der Waals surface area contributed by atoms with Gasteiger partial charge < -0.3 is 54.1 Å². The molecule has 23 heteroatoms. The highest BCUT2D eigenvalue weighted by molar-refractivity contribution is 8.20. The second-order valence-electron chi connectivity index (χ2n) is 20.7. The number of anilines is 1. The van der Waals surface area contributed by atoms with Crippen LogP contribution in [-0.4, -0.2) is 122 Å². The first-order chi connectivity index (χ1) is 39.1. The van der Waals surface area contributed by atoms with Crippen LogP contribution in [0.5, 0.6) is 23.0 Å². The maximum absolute atomic E-state index is 15.1. The quantitative estimate of drug-likeness (QED) is 0.0161. The van der Waals surface area contributed by atoms with E-state index in [1.165, 1.54) is 52.9 Å². The number of nitrogens with one attached hydrogen (secondary N) is 1. The number of methoxy groups -OCH3 is 2. The fourth-order valence-electron chi connectivity index (χ4n) is 8.76. The van der Waals surface area contributed by atoms with Crippen LogP contribution in [0.15, 0.2) is 132 Å². The summed E-state index contributed by atoms with van der Waals surface area (Å²) in [5, 5.41) is 7.09. The molecule has 82 heavy (non-hydrogen) atoms. The van der Waals surface area contributed by atoms with Crippen molar-refractivity contribution >= 4 is 92.7 Å². The molecule has 0 spiro atoms. The summed E-state index contributed by atoms with van der Waals surface area (Å²) in [6.07, 6.45) is -0.854. The van der Waals surface area contributed by atoms with Crippen LogP contribution >= 0.6 is 46.5 Å². The van der Waals surface area contributed by atoms with Gasteiger partial charge in [0.25, 0.3) is 17.6 Å². The molecule has 1 aromatic heterocycles. The van der Waals surface area contributed by atoms with Crippen molar-refractivity contribution < 1.29 is 62.0 Å². The number of β-lactam (4-membered cyclic amide) rings is 1. The number of fused-ring (bicyclic) bond motifs is 1. The van der Waals surface area contributed by atoms with Crippen molar-refractivity contribution in [2.45, 2.75) is 85.9 Å². The number of ether oxygens (including phenoxy) is 6. The molecule has 0 radical (unpaired) electrons. The number of ketones is 1. The third-order valence-corrected chi connectivity index (χ3v) is 17.6. The molecule has 6 aromatic rings. The first-order valence-corrected chi connectivity index (χ1v) is 28.8. The number of halogens is 1. The molecule has 3 aliphatic heterocycles. The number of hydrogen-bond acceptors (Lipinski definition) is 19. The van der Waals surface area contributed by atoms with Crippen LogP contribution in [-0.2, 0) is 51.5 Å². The number of likely N-dealkylation sites (tertiary alicyclic amines) is 1. The van der Waals surface area contributed by atoms with Gasteiger partial charge in [0.1, 0.15) is 47.4 Å². The number of aromatic nitrogens is 1. The van der Waals surface area contributed by atoms with Crippen molar-refractivity contribution in [3.05, 3.63) is 165 Å². The van der Waals surface area contributed by atoms with Gasteiger partial charge in [-0.3, -0.25) is 19.2 Å². The molecule has 5 aromatic carbocycles. The van der Waals surface area contributed by atoms with Gasteiger partial charge in [-0.15, -0.1) is 34.9 Å². The SMILES string of the molecule is COc1ccc(COc2ccc(C(=O)C(=O)N3CC(S[C@]4(C(=O)OC(c5ccccc5)c5ccccc5)CN5C(=O)[C@@H](NC(=O)/C(=N\OC(C)(C)C(=O)OC(C)(C)C)c6csc(N)n6)[C@H]5S4)C3)c(Cl)c2OCc2ccc(OC)cc2)cc1. The lowest BCUT2D eigenvalue weighted by Crippen LogP contribution is -2.68. The average Bonchev–Trinajstić information content (AvgIpc) is 2.71. The third kappa shape index (κ3) is 13.3. The summed E-state index contributed by atoms with van der Waals surface area (Å²) >= 11 is 10.4. The van der Waals surface area contributed by atoms with Gasteiger partial charge in [0.05, 0.1) is 31.4 Å². The topological polar surface area (TPSA) is 237 Å². The number of esters is 2. The summed E-state index contributed by atoms with van der Waals surface area (Å²) in [6.45, 7) is 8.07. The predicted molar refractivity (Wildman–Crippen MR) is 311 cm³/mol. The van der Waals surface area contributed by atoms with Crippen molar-refractivity contribution in [3.8, 4) is 23.0 Å². The maximum Gasteiger partial charge on any atom is 0.353 e. The lowest BCUT2D eigenvalue weighted by atomic mass is 10.0. The van der Waals surface area contributed by atoms with E-state index in [0.717, 1.165) is 34.2 Å². The number of amides is 3. The molecular weight excluding hydrogens is 1130 g/mol. The zero-order chi connectivity index (χ0) is 58.5. The van der Waals surface area contributed by atoms with Gasteiger partial charge in [0, 0.05) is 23.7 Å². The van der Waals surface area contributed by atoms with E-state index in [4.69, 9.17) is 50.6 Å². The van der Waals surface area contributed by atoms with E-state index in [1.807, 2.05) is 84.9 Å². The number of nitrogens with zero attached hydrogens (tertiary/aromatic N) is 4. The molecule has 3 saturated heterocycles. The third-order valence-electron chi connectivity index (χ3n) is 13.2. The van der Waals surface area contributed by atoms with E-state index in [9.17, 15) is 24.0 Å². The highest BCUT2D eigenvalue weighted by Gasteiger charge is 2.64. The molecule has 3 amide bonds. The van der Waals surface area contributed by atoms with Gasteiger partial charge in [-0.1, -0.05) is 102 Å². The number of thiazole rings is 1. The molecule has 0 unspecified atom stereocenters. The van der Waals surface area contributed by atoms with Crippen molar-refractivity contribution in [2.75, 3.05) is 39.6 Å². The first kappa shape index (κ1) is 58.9. The van der Waals surface area contributed by atoms with Gasteiger partial charge >= 0.3 is 11.9 Å². The van der Waals surface area contributed by atoms with Crippen molar-refractivity contribution in [2.24, 2.45) is 5.16 Å². The van der Waals surface area contributed by atoms with E-state index in [2.05, 4.69) is 15.5 Å². The normalized spacial score (nSPS) is 17.9. The number of thioether (sulfide) groups is 2. The van der Waals surface area contributed by atoms with Gasteiger partial charge in [-0.25, -0.2) is 14.6 Å². The Morgan fingerprint density at radius 1 is 0.829 bits per heavy atom. The molecule has 3 atom stereocenters. The van der Waals surface area contributed by atoms with Crippen LogP contribution in [0.2, 0.25) is 5.02 Å². The molecule has 9 rings (SSSR count). The van der Waals surface area contributed by atoms with Crippen molar-refractivity contribution in [3.63, 3.8) is 0 Å². The number of carbonyl (C=O) groups excluding carboxylic acids is 6. The first-order valence-electron chi connectivity index (χ1n) is 25.8. The molecule has 0 aliphatic carbocycles. The monoisotopic (exact) mass is 1190 g/mol. The van der Waals surface area contributed by atoms with Crippen molar-refractivity contribution in [1.82, 2.24) is 20.1 Å². The fourth-order valence-corrected chi connectivity index (χ4v) is 13.3. The molecule has 3 N–H and O–H groups in total.